The van der Waals surface area contributed by atoms with Crippen LogP contribution in [-0.2, 0) is 4.79 Å². The fraction of sp³-hybridized carbons (Fsp3) is 0.267. The second-order valence-corrected chi connectivity index (χ2v) is 4.45. The number of unbranched alkanes of at least 4 members (excludes halogenated alkanes) is 1. The van der Waals surface area contributed by atoms with E-state index in [1.165, 1.54) is 6.08 Å². The van der Waals surface area contributed by atoms with Crippen molar-refractivity contribution in [3.63, 3.8) is 0 Å². The van der Waals surface area contributed by atoms with Crippen LogP contribution in [0, 0.1) is 0 Å². The van der Waals surface area contributed by atoms with Gasteiger partial charge in [0.1, 0.15) is 0 Å². The van der Waals surface area contributed by atoms with Gasteiger partial charge in [-0.25, -0.2) is 0 Å². The maximum Gasteiger partial charge on any atom is 0.224 e. The van der Waals surface area contributed by atoms with Crippen LogP contribution in [0.2, 0.25) is 0 Å². The van der Waals surface area contributed by atoms with E-state index >= 15 is 0 Å². The minimum atomic E-state index is -0.306. The van der Waals surface area contributed by atoms with Gasteiger partial charge in [0.2, 0.25) is 11.7 Å². The van der Waals surface area contributed by atoms with Crippen molar-refractivity contribution < 1.29 is 14.4 Å². The van der Waals surface area contributed by atoms with E-state index in [2.05, 4.69) is 5.32 Å². The van der Waals surface area contributed by atoms with Gasteiger partial charge in [-0.2, -0.15) is 0 Å². The first-order valence-electron chi connectivity index (χ1n) is 6.33. The Balaban J connectivity index is 2.19. The summed E-state index contributed by atoms with van der Waals surface area (Å²) in [5.41, 5.74) is 0.810. The Kier molecular flexibility index (Phi) is 3.90. The molecule has 4 nitrogen and oxygen atoms in total. The minimum Gasteiger partial charge on any atom is -0.323 e. The molecule has 98 valence electrons. The molecule has 1 N–H and O–H groups in total. The van der Waals surface area contributed by atoms with Gasteiger partial charge in [-0.1, -0.05) is 37.6 Å². The molecular formula is C15H15NO3. The lowest BCUT2D eigenvalue weighted by molar-refractivity contribution is -0.120. The Morgan fingerprint density at radius 1 is 1.16 bits per heavy atom. The molecule has 1 aromatic carbocycles. The van der Waals surface area contributed by atoms with Gasteiger partial charge < -0.3 is 5.32 Å². The maximum atomic E-state index is 12.1. The summed E-state index contributed by atoms with van der Waals surface area (Å²) >= 11 is 0. The number of fused-ring (bicyclic) bond motifs is 1. The molecule has 1 amide bonds. The third-order valence-electron chi connectivity index (χ3n) is 2.99. The number of rotatable bonds is 4. The summed E-state index contributed by atoms with van der Waals surface area (Å²) in [7, 11) is 0. The summed E-state index contributed by atoms with van der Waals surface area (Å²) in [4.78, 5) is 35.6. The fourth-order valence-electron chi connectivity index (χ4n) is 1.96. The summed E-state index contributed by atoms with van der Waals surface area (Å²) in [6.07, 6.45) is 3.23. The van der Waals surface area contributed by atoms with Crippen molar-refractivity contribution in [2.45, 2.75) is 26.2 Å². The zero-order valence-electron chi connectivity index (χ0n) is 10.7. The zero-order chi connectivity index (χ0) is 13.8. The highest BCUT2D eigenvalue weighted by atomic mass is 16.2. The molecule has 1 aliphatic carbocycles. The van der Waals surface area contributed by atoms with E-state index in [-0.39, 0.29) is 23.2 Å². The van der Waals surface area contributed by atoms with Crippen LogP contribution in [0.4, 0.5) is 0 Å². The Hall–Kier alpha value is -2.23. The van der Waals surface area contributed by atoms with Crippen LogP contribution in [0.5, 0.6) is 0 Å². The standard InChI is InChI=1S/C15H15NO3/c1-2-3-8-14(18)16-12-9-13(17)10-6-4-5-7-11(10)15(12)19/h4-7,9H,2-3,8H2,1H3,(H,16,18). The van der Waals surface area contributed by atoms with Crippen molar-refractivity contribution in [3.8, 4) is 0 Å². The molecule has 0 spiro atoms. The Bertz CT molecular complexity index is 573. The van der Waals surface area contributed by atoms with E-state index in [0.717, 1.165) is 12.8 Å². The molecule has 19 heavy (non-hydrogen) atoms. The first-order chi connectivity index (χ1) is 9.13. The number of ketones is 2. The van der Waals surface area contributed by atoms with Gasteiger partial charge in [0, 0.05) is 23.6 Å². The first kappa shape index (κ1) is 13.2. The van der Waals surface area contributed by atoms with E-state index in [1.54, 1.807) is 24.3 Å². The van der Waals surface area contributed by atoms with Crippen LogP contribution < -0.4 is 5.32 Å². The summed E-state index contributed by atoms with van der Waals surface area (Å²) in [6.45, 7) is 1.98. The summed E-state index contributed by atoms with van der Waals surface area (Å²) in [5.74, 6) is -0.783. The third-order valence-corrected chi connectivity index (χ3v) is 2.99. The highest BCUT2D eigenvalue weighted by Crippen LogP contribution is 2.19. The largest absolute Gasteiger partial charge is 0.323 e. The van der Waals surface area contributed by atoms with E-state index in [4.69, 9.17) is 0 Å². The molecule has 0 aromatic heterocycles. The van der Waals surface area contributed by atoms with Gasteiger partial charge in [0.05, 0.1) is 5.70 Å². The van der Waals surface area contributed by atoms with Crippen LogP contribution in [0.3, 0.4) is 0 Å². The minimum absolute atomic E-state index is 0.0739. The van der Waals surface area contributed by atoms with Crippen LogP contribution in [0.1, 0.15) is 46.9 Å². The summed E-state index contributed by atoms with van der Waals surface area (Å²) in [5, 5.41) is 2.53. The molecule has 0 saturated carbocycles. The molecule has 0 unspecified atom stereocenters. The fourth-order valence-corrected chi connectivity index (χ4v) is 1.96. The molecule has 0 saturated heterocycles. The average Bonchev–Trinajstić information content (AvgIpc) is 2.42. The van der Waals surface area contributed by atoms with E-state index in [0.29, 0.717) is 17.5 Å². The molecule has 1 aromatic rings. The Morgan fingerprint density at radius 3 is 2.53 bits per heavy atom. The van der Waals surface area contributed by atoms with Crippen LogP contribution >= 0.6 is 0 Å². The predicted octanol–water partition coefficient (Wildman–Crippen LogP) is 2.26. The van der Waals surface area contributed by atoms with Crippen molar-refractivity contribution in [1.29, 1.82) is 0 Å². The maximum absolute atomic E-state index is 12.1. The van der Waals surface area contributed by atoms with Crippen LogP contribution in [0.15, 0.2) is 36.0 Å². The van der Waals surface area contributed by atoms with Crippen molar-refractivity contribution in [3.05, 3.63) is 47.2 Å². The zero-order valence-corrected chi connectivity index (χ0v) is 10.7. The highest BCUT2D eigenvalue weighted by Gasteiger charge is 2.25. The smallest absolute Gasteiger partial charge is 0.224 e. The number of Topliss-reactive ketones (excluding diaryl/α,β-unsaturated/α-hetero) is 1. The lowest BCUT2D eigenvalue weighted by Gasteiger charge is -2.15. The predicted molar refractivity (Wildman–Crippen MR) is 70.9 cm³/mol. The number of carbonyl (C=O) groups excluding carboxylic acids is 3. The number of hydrogen-bond acceptors (Lipinski definition) is 3. The molecule has 0 radical (unpaired) electrons. The van der Waals surface area contributed by atoms with Crippen molar-refractivity contribution in [2.75, 3.05) is 0 Å². The van der Waals surface area contributed by atoms with Crippen LogP contribution in [-0.4, -0.2) is 17.5 Å². The normalized spacial score (nSPS) is 13.8. The number of carbonyl (C=O) groups is 3. The molecule has 4 heteroatoms. The lowest BCUT2D eigenvalue weighted by atomic mass is 9.92. The molecular weight excluding hydrogens is 242 g/mol. The monoisotopic (exact) mass is 257 g/mol. The van der Waals surface area contributed by atoms with Gasteiger partial charge in [0.25, 0.3) is 0 Å². The number of benzene rings is 1. The molecule has 0 aliphatic heterocycles. The second-order valence-electron chi connectivity index (χ2n) is 4.45. The number of nitrogens with one attached hydrogen (secondary N) is 1. The highest BCUT2D eigenvalue weighted by molar-refractivity contribution is 6.25. The van der Waals surface area contributed by atoms with Gasteiger partial charge in [-0.3, -0.25) is 14.4 Å². The van der Waals surface area contributed by atoms with Crippen LogP contribution in [0.25, 0.3) is 0 Å². The summed E-state index contributed by atoms with van der Waals surface area (Å²) < 4.78 is 0. The van der Waals surface area contributed by atoms with E-state index < -0.39 is 0 Å². The lowest BCUT2D eigenvalue weighted by Crippen LogP contribution is -2.31. The van der Waals surface area contributed by atoms with Gasteiger partial charge >= 0.3 is 0 Å². The average molecular weight is 257 g/mol. The summed E-state index contributed by atoms with van der Waals surface area (Å²) in [6, 6.07) is 6.62. The SMILES string of the molecule is CCCCC(=O)NC1=CC(=O)c2ccccc2C1=O. The van der Waals surface area contributed by atoms with Gasteiger partial charge in [0.15, 0.2) is 5.78 Å². The van der Waals surface area contributed by atoms with E-state index in [1.807, 2.05) is 6.92 Å². The molecule has 0 atom stereocenters. The number of allylic oxidation sites excluding steroid dienone is 2. The third kappa shape index (κ3) is 2.78. The molecule has 1 aliphatic rings. The Morgan fingerprint density at radius 2 is 1.84 bits per heavy atom. The van der Waals surface area contributed by atoms with Crippen molar-refractivity contribution in [1.82, 2.24) is 5.32 Å². The number of amides is 1. The molecule has 0 bridgehead atoms. The van der Waals surface area contributed by atoms with Gasteiger partial charge in [-0.05, 0) is 6.42 Å². The molecule has 2 rings (SSSR count). The van der Waals surface area contributed by atoms with Crippen molar-refractivity contribution >= 4 is 17.5 Å². The van der Waals surface area contributed by atoms with Gasteiger partial charge in [-0.15, -0.1) is 0 Å². The topological polar surface area (TPSA) is 63.2 Å². The first-order valence-corrected chi connectivity index (χ1v) is 6.33. The second kappa shape index (κ2) is 5.61. The molecule has 0 heterocycles. The van der Waals surface area contributed by atoms with E-state index in [9.17, 15) is 14.4 Å². The Labute approximate surface area is 111 Å². The quantitative estimate of drug-likeness (QED) is 0.899. The molecule has 0 fully saturated rings. The number of hydrogen-bond donors (Lipinski definition) is 1. The van der Waals surface area contributed by atoms with Crippen molar-refractivity contribution in [2.24, 2.45) is 0 Å².